The van der Waals surface area contributed by atoms with E-state index in [1.54, 1.807) is 10.8 Å². The van der Waals surface area contributed by atoms with Crippen LogP contribution in [-0.4, -0.2) is 27.5 Å². The molecule has 0 spiro atoms. The average molecular weight is 352 g/mol. The first-order valence-electron chi connectivity index (χ1n) is 6.74. The van der Waals surface area contributed by atoms with Crippen molar-refractivity contribution in [1.29, 1.82) is 0 Å². The van der Waals surface area contributed by atoms with Gasteiger partial charge in [0.05, 0.1) is 10.9 Å². The lowest BCUT2D eigenvalue weighted by Crippen LogP contribution is -2.30. The normalized spacial score (nSPS) is 11.9. The summed E-state index contributed by atoms with van der Waals surface area (Å²) in [5.41, 5.74) is 2.08. The number of para-hydroxylation sites is 1. The number of thioether (sulfide) groups is 1. The number of carbonyl (C=O) groups is 1. The van der Waals surface area contributed by atoms with Crippen molar-refractivity contribution < 1.29 is 4.79 Å². The molecule has 1 heterocycles. The molecule has 2 rings (SSSR count). The zero-order valence-corrected chi connectivity index (χ0v) is 14.9. The van der Waals surface area contributed by atoms with Crippen LogP contribution in [0, 0.1) is 10.9 Å². The second-order valence-corrected chi connectivity index (χ2v) is 7.84. The summed E-state index contributed by atoms with van der Waals surface area (Å²) in [5, 5.41) is 7.09. The van der Waals surface area contributed by atoms with Crippen molar-refractivity contribution >= 4 is 41.2 Å². The summed E-state index contributed by atoms with van der Waals surface area (Å²) < 4.78 is 3.22. The predicted molar refractivity (Wildman–Crippen MR) is 95.5 cm³/mol. The number of aryl methyl sites for hydroxylation is 1. The zero-order valence-electron chi connectivity index (χ0n) is 12.4. The van der Waals surface area contributed by atoms with Crippen LogP contribution in [0.1, 0.15) is 12.5 Å². The van der Waals surface area contributed by atoms with Crippen LogP contribution >= 0.6 is 35.3 Å². The minimum Gasteiger partial charge on any atom is -0.352 e. The molecule has 0 unspecified atom stereocenters. The van der Waals surface area contributed by atoms with Gasteiger partial charge in [-0.05, 0) is 37.7 Å². The number of aromatic nitrogens is 2. The number of rotatable bonds is 6. The number of hydrogen-bond acceptors (Lipinski definition) is 5. The SMILES string of the molecule is C=CCNC(=O)[C@@H](C)Sc1nn(-c2ccccc2C)c(=S)s1. The zero-order chi connectivity index (χ0) is 16.1. The highest BCUT2D eigenvalue weighted by Gasteiger charge is 2.17. The molecule has 1 amide bonds. The Bertz CT molecular complexity index is 736. The summed E-state index contributed by atoms with van der Waals surface area (Å²) in [7, 11) is 0. The molecular formula is C15H17N3OS3. The van der Waals surface area contributed by atoms with Crippen LogP contribution in [0.4, 0.5) is 0 Å². The third-order valence-corrected chi connectivity index (χ3v) is 5.36. The van der Waals surface area contributed by atoms with Crippen LogP contribution in [-0.2, 0) is 4.79 Å². The Morgan fingerprint density at radius 2 is 2.32 bits per heavy atom. The quantitative estimate of drug-likeness (QED) is 0.489. The molecule has 0 fully saturated rings. The van der Waals surface area contributed by atoms with E-state index in [4.69, 9.17) is 12.2 Å². The van der Waals surface area contributed by atoms with Crippen LogP contribution in [0.5, 0.6) is 0 Å². The Balaban J connectivity index is 2.17. The highest BCUT2D eigenvalue weighted by atomic mass is 32.2. The van der Waals surface area contributed by atoms with Crippen LogP contribution in [0.15, 0.2) is 41.3 Å². The monoisotopic (exact) mass is 351 g/mol. The Hall–Kier alpha value is -1.44. The summed E-state index contributed by atoms with van der Waals surface area (Å²) in [6.45, 7) is 7.93. The molecular weight excluding hydrogens is 334 g/mol. The van der Waals surface area contributed by atoms with E-state index >= 15 is 0 Å². The number of amides is 1. The lowest BCUT2D eigenvalue weighted by Gasteiger charge is -2.08. The first kappa shape index (κ1) is 16.9. The average Bonchev–Trinajstić information content (AvgIpc) is 2.85. The van der Waals surface area contributed by atoms with Crippen molar-refractivity contribution in [2.24, 2.45) is 0 Å². The summed E-state index contributed by atoms with van der Waals surface area (Å²) in [6.07, 6.45) is 1.66. The molecule has 1 atom stereocenters. The molecule has 0 bridgehead atoms. The molecule has 0 saturated carbocycles. The smallest absolute Gasteiger partial charge is 0.233 e. The summed E-state index contributed by atoms with van der Waals surface area (Å²) in [5.74, 6) is -0.0338. The van der Waals surface area contributed by atoms with Crippen LogP contribution in [0.2, 0.25) is 0 Å². The summed E-state index contributed by atoms with van der Waals surface area (Å²) in [6, 6.07) is 7.95. The van der Waals surface area contributed by atoms with Gasteiger partial charge in [0.15, 0.2) is 8.29 Å². The predicted octanol–water partition coefficient (Wildman–Crippen LogP) is 3.75. The van der Waals surface area contributed by atoms with E-state index in [0.29, 0.717) is 10.5 Å². The van der Waals surface area contributed by atoms with Gasteiger partial charge in [0, 0.05) is 6.54 Å². The van der Waals surface area contributed by atoms with Crippen LogP contribution in [0.3, 0.4) is 0 Å². The topological polar surface area (TPSA) is 46.9 Å². The van der Waals surface area contributed by atoms with Crippen molar-refractivity contribution in [3.8, 4) is 5.69 Å². The van der Waals surface area contributed by atoms with Gasteiger partial charge in [-0.1, -0.05) is 47.4 Å². The number of nitrogens with one attached hydrogen (secondary N) is 1. The molecule has 0 aliphatic heterocycles. The van der Waals surface area contributed by atoms with Crippen molar-refractivity contribution in [3.63, 3.8) is 0 Å². The van der Waals surface area contributed by atoms with E-state index in [0.717, 1.165) is 15.6 Å². The fourth-order valence-corrected chi connectivity index (χ4v) is 4.30. The first-order chi connectivity index (χ1) is 10.5. The second kappa shape index (κ2) is 7.71. The lowest BCUT2D eigenvalue weighted by molar-refractivity contribution is -0.120. The molecule has 4 nitrogen and oxygen atoms in total. The maximum absolute atomic E-state index is 11.9. The molecule has 116 valence electrons. The summed E-state index contributed by atoms with van der Waals surface area (Å²) in [4.78, 5) is 11.9. The summed E-state index contributed by atoms with van der Waals surface area (Å²) >= 11 is 8.22. The van der Waals surface area contributed by atoms with E-state index < -0.39 is 0 Å². The van der Waals surface area contributed by atoms with Crippen molar-refractivity contribution in [2.45, 2.75) is 23.4 Å². The van der Waals surface area contributed by atoms with Crippen molar-refractivity contribution in [1.82, 2.24) is 15.1 Å². The van der Waals surface area contributed by atoms with Gasteiger partial charge in [0.25, 0.3) is 0 Å². The third kappa shape index (κ3) is 4.06. The number of benzene rings is 1. The van der Waals surface area contributed by atoms with E-state index in [1.807, 2.05) is 38.1 Å². The van der Waals surface area contributed by atoms with Gasteiger partial charge in [-0.2, -0.15) is 0 Å². The minimum absolute atomic E-state index is 0.0338. The molecule has 22 heavy (non-hydrogen) atoms. The Morgan fingerprint density at radius 1 is 1.59 bits per heavy atom. The number of hydrogen-bond donors (Lipinski definition) is 1. The van der Waals surface area contributed by atoms with E-state index in [2.05, 4.69) is 17.0 Å². The maximum atomic E-state index is 11.9. The highest BCUT2D eigenvalue weighted by Crippen LogP contribution is 2.28. The van der Waals surface area contributed by atoms with Gasteiger partial charge in [0.2, 0.25) is 5.91 Å². The van der Waals surface area contributed by atoms with E-state index in [9.17, 15) is 4.79 Å². The van der Waals surface area contributed by atoms with Crippen molar-refractivity contribution in [2.75, 3.05) is 6.54 Å². The van der Waals surface area contributed by atoms with Gasteiger partial charge in [-0.15, -0.1) is 11.7 Å². The third-order valence-electron chi connectivity index (χ3n) is 2.94. The van der Waals surface area contributed by atoms with Gasteiger partial charge in [0.1, 0.15) is 0 Å². The minimum atomic E-state index is -0.231. The molecule has 1 aromatic heterocycles. The van der Waals surface area contributed by atoms with Crippen LogP contribution < -0.4 is 5.32 Å². The second-order valence-electron chi connectivity index (χ2n) is 4.63. The Labute approximate surface area is 143 Å². The van der Waals surface area contributed by atoms with Gasteiger partial charge < -0.3 is 5.32 Å². The molecule has 2 aromatic rings. The van der Waals surface area contributed by atoms with Crippen LogP contribution in [0.25, 0.3) is 5.69 Å². The van der Waals surface area contributed by atoms with Gasteiger partial charge >= 0.3 is 0 Å². The Morgan fingerprint density at radius 3 is 3.00 bits per heavy atom. The maximum Gasteiger partial charge on any atom is 0.233 e. The fourth-order valence-electron chi connectivity index (χ4n) is 1.78. The molecule has 1 N–H and O–H groups in total. The largest absolute Gasteiger partial charge is 0.352 e. The first-order valence-corrected chi connectivity index (χ1v) is 8.84. The number of nitrogens with zero attached hydrogens (tertiary/aromatic N) is 2. The molecule has 0 radical (unpaired) electrons. The fraction of sp³-hybridized carbons (Fsp3) is 0.267. The van der Waals surface area contributed by atoms with E-state index in [1.165, 1.54) is 23.1 Å². The highest BCUT2D eigenvalue weighted by molar-refractivity contribution is 8.02. The lowest BCUT2D eigenvalue weighted by atomic mass is 10.2. The number of carbonyl (C=O) groups excluding carboxylic acids is 1. The molecule has 0 aliphatic carbocycles. The van der Waals surface area contributed by atoms with Gasteiger partial charge in [-0.3, -0.25) is 4.79 Å². The van der Waals surface area contributed by atoms with Crippen molar-refractivity contribution in [3.05, 3.63) is 46.4 Å². The molecule has 1 aromatic carbocycles. The molecule has 0 aliphatic rings. The standard InChI is InChI=1S/C15H17N3OS3/c1-4-9-16-13(19)11(3)21-14-17-18(15(20)22-14)12-8-6-5-7-10(12)2/h4-8,11H,1,9H2,2-3H3,(H,16,19)/t11-/m1/s1. The van der Waals surface area contributed by atoms with Gasteiger partial charge in [-0.25, -0.2) is 4.68 Å². The molecule has 0 saturated heterocycles. The Kier molecular flexibility index (Phi) is 5.93. The molecule has 7 heteroatoms. The van der Waals surface area contributed by atoms with E-state index in [-0.39, 0.29) is 11.2 Å².